The van der Waals surface area contributed by atoms with E-state index in [1.807, 2.05) is 0 Å². The molecule has 0 N–H and O–H groups in total. The van der Waals surface area contributed by atoms with Crippen molar-refractivity contribution in [1.82, 2.24) is 4.90 Å². The van der Waals surface area contributed by atoms with E-state index >= 15 is 0 Å². The molecule has 30 heavy (non-hydrogen) atoms. The van der Waals surface area contributed by atoms with Gasteiger partial charge in [-0.15, -0.1) is 0 Å². The summed E-state index contributed by atoms with van der Waals surface area (Å²) in [7, 11) is 0. The van der Waals surface area contributed by atoms with E-state index in [2.05, 4.69) is 13.5 Å². The Morgan fingerprint density at radius 2 is 1.20 bits per heavy atom. The van der Waals surface area contributed by atoms with Crippen LogP contribution in [0.25, 0.3) is 0 Å². The number of hydrogen-bond donors (Lipinski definition) is 0. The number of likely N-dealkylation sites (N-methyl/N-ethyl adjacent to an activating group) is 1. The molecule has 0 aliphatic rings. The van der Waals surface area contributed by atoms with E-state index in [0.29, 0.717) is 13.2 Å². The number of rotatable bonds is 21. The number of esters is 1. The summed E-state index contributed by atoms with van der Waals surface area (Å²) in [6, 6.07) is 0. The normalized spacial score (nSPS) is 10.6. The summed E-state index contributed by atoms with van der Waals surface area (Å²) in [5.41, 5.74) is 0. The number of nitrogens with zero attached hydrogens (tertiary/aromatic N) is 1. The molecule has 1 amide bonds. The van der Waals surface area contributed by atoms with Gasteiger partial charge in [0.2, 0.25) is 0 Å². The molecule has 5 heteroatoms. The van der Waals surface area contributed by atoms with E-state index in [-0.39, 0.29) is 19.1 Å². The van der Waals surface area contributed by atoms with Crippen LogP contribution in [0.5, 0.6) is 0 Å². The van der Waals surface area contributed by atoms with Gasteiger partial charge in [-0.3, -0.25) is 9.69 Å². The van der Waals surface area contributed by atoms with Crippen LogP contribution in [-0.4, -0.2) is 43.3 Å². The van der Waals surface area contributed by atoms with Gasteiger partial charge in [0, 0.05) is 6.54 Å². The number of carbonyl (C=O) groups is 2. The largest absolute Gasteiger partial charge is 0.464 e. The third-order valence-corrected chi connectivity index (χ3v) is 5.30. The summed E-state index contributed by atoms with van der Waals surface area (Å²) in [5, 5.41) is 0. The van der Waals surface area contributed by atoms with Crippen LogP contribution in [-0.2, 0) is 14.3 Å². The van der Waals surface area contributed by atoms with Crippen LogP contribution in [0.4, 0.5) is 4.79 Å². The van der Waals surface area contributed by atoms with Gasteiger partial charge in [-0.1, -0.05) is 109 Å². The molecule has 176 valence electrons. The molecule has 0 aromatic rings. The highest BCUT2D eigenvalue weighted by atomic mass is 16.6. The standard InChI is InChI=1S/C25H47NO4/c1-4-7-8-9-10-11-12-13-14-15-16-17-18-19-20-22-29-24(27)23-26(6-3)25(28)30-21-5-2/h5H,2,4,6-23H2,1,3H3. The second-order valence-electron chi connectivity index (χ2n) is 8.05. The maximum atomic E-state index is 11.8. The van der Waals surface area contributed by atoms with Crippen molar-refractivity contribution in [3.8, 4) is 0 Å². The lowest BCUT2D eigenvalue weighted by atomic mass is 10.0. The highest BCUT2D eigenvalue weighted by molar-refractivity contribution is 5.78. The van der Waals surface area contributed by atoms with Crippen LogP contribution in [0, 0.1) is 0 Å². The lowest BCUT2D eigenvalue weighted by Gasteiger charge is -2.18. The van der Waals surface area contributed by atoms with Crippen LogP contribution in [0.15, 0.2) is 12.7 Å². The van der Waals surface area contributed by atoms with Gasteiger partial charge in [-0.05, 0) is 13.3 Å². The van der Waals surface area contributed by atoms with Crippen molar-refractivity contribution in [2.24, 2.45) is 0 Å². The summed E-state index contributed by atoms with van der Waals surface area (Å²) in [6.45, 7) is 8.48. The zero-order valence-corrected chi connectivity index (χ0v) is 19.8. The first-order valence-corrected chi connectivity index (χ1v) is 12.3. The molecule has 0 atom stereocenters. The molecule has 0 saturated carbocycles. The first kappa shape index (κ1) is 28.5. The summed E-state index contributed by atoms with van der Waals surface area (Å²) in [5.74, 6) is -0.377. The predicted molar refractivity (Wildman–Crippen MR) is 125 cm³/mol. The minimum atomic E-state index is -0.513. The number of ether oxygens (including phenoxy) is 2. The highest BCUT2D eigenvalue weighted by Crippen LogP contribution is 2.13. The number of amides is 1. The van der Waals surface area contributed by atoms with Crippen molar-refractivity contribution in [3.05, 3.63) is 12.7 Å². The lowest BCUT2D eigenvalue weighted by molar-refractivity contribution is -0.144. The maximum Gasteiger partial charge on any atom is 0.410 e. The van der Waals surface area contributed by atoms with Crippen molar-refractivity contribution in [2.75, 3.05) is 26.3 Å². The van der Waals surface area contributed by atoms with E-state index in [1.165, 1.54) is 94.4 Å². The topological polar surface area (TPSA) is 55.8 Å². The Labute approximate surface area is 185 Å². The Kier molecular flexibility index (Phi) is 21.0. The average Bonchev–Trinajstić information content (AvgIpc) is 2.75. The Hall–Kier alpha value is -1.52. The van der Waals surface area contributed by atoms with Gasteiger partial charge in [0.1, 0.15) is 13.2 Å². The zero-order chi connectivity index (χ0) is 22.3. The summed E-state index contributed by atoms with van der Waals surface area (Å²) < 4.78 is 10.2. The van der Waals surface area contributed by atoms with Crippen molar-refractivity contribution in [3.63, 3.8) is 0 Å². The fourth-order valence-electron chi connectivity index (χ4n) is 3.39. The molecular weight excluding hydrogens is 378 g/mol. The molecule has 5 nitrogen and oxygen atoms in total. The fraction of sp³-hybridized carbons (Fsp3) is 0.840. The number of carbonyl (C=O) groups excluding carboxylic acids is 2. The first-order chi connectivity index (χ1) is 14.7. The second-order valence-corrected chi connectivity index (χ2v) is 8.05. The second kappa shape index (κ2) is 22.2. The first-order valence-electron chi connectivity index (χ1n) is 12.3. The smallest absolute Gasteiger partial charge is 0.410 e. The zero-order valence-electron chi connectivity index (χ0n) is 19.8. The molecule has 0 spiro atoms. The summed E-state index contributed by atoms with van der Waals surface area (Å²) >= 11 is 0. The maximum absolute atomic E-state index is 11.8. The van der Waals surface area contributed by atoms with Gasteiger partial charge < -0.3 is 9.47 Å². The van der Waals surface area contributed by atoms with E-state index in [4.69, 9.17) is 9.47 Å². The van der Waals surface area contributed by atoms with Gasteiger partial charge in [-0.25, -0.2) is 4.79 Å². The SMILES string of the molecule is C=CCOC(=O)N(CC)CC(=O)OCCCCCCCCCCCCCCCCC. The Bertz CT molecular complexity index is 425. The number of hydrogen-bond acceptors (Lipinski definition) is 4. The van der Waals surface area contributed by atoms with Crippen molar-refractivity contribution >= 4 is 12.1 Å². The predicted octanol–water partition coefficient (Wildman–Crippen LogP) is 7.05. The van der Waals surface area contributed by atoms with Crippen LogP contribution in [0.1, 0.15) is 110 Å². The van der Waals surface area contributed by atoms with Crippen LogP contribution in [0.2, 0.25) is 0 Å². The Balaban J connectivity index is 3.41. The lowest BCUT2D eigenvalue weighted by Crippen LogP contribution is -2.36. The van der Waals surface area contributed by atoms with Gasteiger partial charge in [0.15, 0.2) is 0 Å². The van der Waals surface area contributed by atoms with Crippen LogP contribution in [0.3, 0.4) is 0 Å². The average molecular weight is 426 g/mol. The molecule has 0 aromatic carbocycles. The van der Waals surface area contributed by atoms with Gasteiger partial charge in [-0.2, -0.15) is 0 Å². The molecule has 0 heterocycles. The third kappa shape index (κ3) is 18.5. The molecule has 0 aliphatic heterocycles. The van der Waals surface area contributed by atoms with Crippen molar-refractivity contribution < 1.29 is 19.1 Å². The van der Waals surface area contributed by atoms with E-state index in [1.54, 1.807) is 6.92 Å². The fourth-order valence-corrected chi connectivity index (χ4v) is 3.39. The molecule has 0 aliphatic carbocycles. The molecule has 0 radical (unpaired) electrons. The molecule has 0 bridgehead atoms. The third-order valence-electron chi connectivity index (χ3n) is 5.30. The van der Waals surface area contributed by atoms with E-state index < -0.39 is 6.09 Å². The summed E-state index contributed by atoms with van der Waals surface area (Å²) in [4.78, 5) is 24.9. The molecular formula is C25H47NO4. The molecule has 0 fully saturated rings. The number of unbranched alkanes of at least 4 members (excludes halogenated alkanes) is 14. The van der Waals surface area contributed by atoms with Gasteiger partial charge >= 0.3 is 12.1 Å². The monoisotopic (exact) mass is 425 g/mol. The van der Waals surface area contributed by atoms with Crippen LogP contribution >= 0.6 is 0 Å². The van der Waals surface area contributed by atoms with E-state index in [9.17, 15) is 9.59 Å². The van der Waals surface area contributed by atoms with Gasteiger partial charge in [0.25, 0.3) is 0 Å². The van der Waals surface area contributed by atoms with E-state index in [0.717, 1.165) is 12.8 Å². The Morgan fingerprint density at radius 3 is 1.63 bits per heavy atom. The minimum absolute atomic E-state index is 0.0643. The molecule has 0 unspecified atom stereocenters. The van der Waals surface area contributed by atoms with Crippen molar-refractivity contribution in [2.45, 2.75) is 110 Å². The van der Waals surface area contributed by atoms with Crippen LogP contribution < -0.4 is 0 Å². The quantitative estimate of drug-likeness (QED) is 0.112. The minimum Gasteiger partial charge on any atom is -0.464 e. The van der Waals surface area contributed by atoms with Crippen molar-refractivity contribution in [1.29, 1.82) is 0 Å². The Morgan fingerprint density at radius 1 is 0.733 bits per heavy atom. The molecule has 0 aromatic heterocycles. The van der Waals surface area contributed by atoms with Gasteiger partial charge in [0.05, 0.1) is 6.61 Å². The highest BCUT2D eigenvalue weighted by Gasteiger charge is 2.17. The molecule has 0 rings (SSSR count). The molecule has 0 saturated heterocycles. The summed E-state index contributed by atoms with van der Waals surface area (Å²) in [6.07, 6.45) is 20.6.